The SMILES string of the molecule is CN(C)CC(=O)N1CCN(C(=O)CCl)CC(Cc2cc(N(C)C)ncn2)C1. The van der Waals surface area contributed by atoms with Gasteiger partial charge in [0.05, 0.1) is 6.54 Å². The molecule has 2 amide bonds. The Morgan fingerprint density at radius 3 is 2.30 bits per heavy atom. The number of carbonyl (C=O) groups excluding carboxylic acids is 2. The zero-order valence-corrected chi connectivity index (χ0v) is 17.3. The Morgan fingerprint density at radius 2 is 1.74 bits per heavy atom. The quantitative estimate of drug-likeness (QED) is 0.638. The van der Waals surface area contributed by atoms with Gasteiger partial charge in [-0.1, -0.05) is 0 Å². The van der Waals surface area contributed by atoms with Crippen molar-refractivity contribution in [1.82, 2.24) is 24.7 Å². The van der Waals surface area contributed by atoms with Gasteiger partial charge in [0.1, 0.15) is 18.0 Å². The number of aromatic nitrogens is 2. The Hall–Kier alpha value is -1.93. The summed E-state index contributed by atoms with van der Waals surface area (Å²) >= 11 is 5.77. The lowest BCUT2D eigenvalue weighted by Gasteiger charge is -2.25. The van der Waals surface area contributed by atoms with Gasteiger partial charge in [0.2, 0.25) is 11.8 Å². The fourth-order valence-corrected chi connectivity index (χ4v) is 3.35. The van der Waals surface area contributed by atoms with Crippen LogP contribution in [0.25, 0.3) is 0 Å². The summed E-state index contributed by atoms with van der Waals surface area (Å²) in [6.07, 6.45) is 2.22. The topological polar surface area (TPSA) is 72.9 Å². The van der Waals surface area contributed by atoms with Crippen LogP contribution in [0.4, 0.5) is 5.82 Å². The molecule has 0 bridgehead atoms. The smallest absolute Gasteiger partial charge is 0.237 e. The number of likely N-dealkylation sites (N-methyl/N-ethyl adjacent to an activating group) is 1. The third-order valence-electron chi connectivity index (χ3n) is 4.53. The zero-order valence-electron chi connectivity index (χ0n) is 16.6. The number of carbonyl (C=O) groups is 2. The molecule has 150 valence electrons. The van der Waals surface area contributed by atoms with Crippen LogP contribution in [0.5, 0.6) is 0 Å². The first kappa shape index (κ1) is 21.4. The van der Waals surface area contributed by atoms with Crippen molar-refractivity contribution < 1.29 is 9.59 Å². The number of rotatable bonds is 6. The van der Waals surface area contributed by atoms with Crippen LogP contribution >= 0.6 is 11.6 Å². The second-order valence-electron chi connectivity index (χ2n) is 7.38. The van der Waals surface area contributed by atoms with Crippen molar-refractivity contribution >= 4 is 29.2 Å². The minimum atomic E-state index is -0.0970. The van der Waals surface area contributed by atoms with Crippen LogP contribution in [0.2, 0.25) is 0 Å². The molecule has 0 aliphatic carbocycles. The van der Waals surface area contributed by atoms with Gasteiger partial charge in [0.25, 0.3) is 0 Å². The minimum Gasteiger partial charge on any atom is -0.363 e. The first-order valence-corrected chi connectivity index (χ1v) is 9.58. The number of nitrogens with zero attached hydrogens (tertiary/aromatic N) is 6. The highest BCUT2D eigenvalue weighted by atomic mass is 35.5. The zero-order chi connectivity index (χ0) is 20.0. The van der Waals surface area contributed by atoms with Crippen molar-refractivity contribution in [3.63, 3.8) is 0 Å². The van der Waals surface area contributed by atoms with E-state index in [0.29, 0.717) is 39.1 Å². The molecule has 1 unspecified atom stereocenters. The van der Waals surface area contributed by atoms with Crippen LogP contribution in [0, 0.1) is 5.92 Å². The summed E-state index contributed by atoms with van der Waals surface area (Å²) in [6.45, 7) is 2.56. The first-order valence-electron chi connectivity index (χ1n) is 9.04. The van der Waals surface area contributed by atoms with Crippen molar-refractivity contribution in [3.8, 4) is 0 Å². The van der Waals surface area contributed by atoms with Gasteiger partial charge in [0.15, 0.2) is 0 Å². The first-order chi connectivity index (χ1) is 12.8. The van der Waals surface area contributed by atoms with Gasteiger partial charge in [-0.3, -0.25) is 9.59 Å². The van der Waals surface area contributed by atoms with Crippen molar-refractivity contribution in [2.45, 2.75) is 6.42 Å². The Bertz CT molecular complexity index is 654. The third kappa shape index (κ3) is 6.32. The van der Waals surface area contributed by atoms with E-state index >= 15 is 0 Å². The van der Waals surface area contributed by atoms with Gasteiger partial charge < -0.3 is 19.6 Å². The molecule has 1 aliphatic rings. The maximum atomic E-state index is 12.6. The lowest BCUT2D eigenvalue weighted by atomic mass is 10.0. The molecular formula is C18H29ClN6O2. The van der Waals surface area contributed by atoms with E-state index in [4.69, 9.17) is 11.6 Å². The highest BCUT2D eigenvalue weighted by molar-refractivity contribution is 6.27. The van der Waals surface area contributed by atoms with Crippen LogP contribution in [-0.2, 0) is 16.0 Å². The van der Waals surface area contributed by atoms with E-state index in [1.165, 1.54) is 0 Å². The molecule has 2 rings (SSSR count). The van der Waals surface area contributed by atoms with E-state index in [0.717, 1.165) is 11.5 Å². The molecule has 0 spiro atoms. The molecule has 0 N–H and O–H groups in total. The summed E-state index contributed by atoms with van der Waals surface area (Å²) in [5, 5.41) is 0. The fourth-order valence-electron chi connectivity index (χ4n) is 3.18. The molecule has 1 fully saturated rings. The summed E-state index contributed by atoms with van der Waals surface area (Å²) < 4.78 is 0. The lowest BCUT2D eigenvalue weighted by Crippen LogP contribution is -2.41. The summed E-state index contributed by atoms with van der Waals surface area (Å²) in [5.74, 6) is 0.858. The van der Waals surface area contributed by atoms with Crippen molar-refractivity contribution in [2.24, 2.45) is 5.92 Å². The highest BCUT2D eigenvalue weighted by Gasteiger charge is 2.28. The second-order valence-corrected chi connectivity index (χ2v) is 7.65. The van der Waals surface area contributed by atoms with E-state index in [1.54, 1.807) is 11.2 Å². The van der Waals surface area contributed by atoms with E-state index < -0.39 is 0 Å². The molecular weight excluding hydrogens is 368 g/mol. The Labute approximate surface area is 166 Å². The van der Waals surface area contributed by atoms with Gasteiger partial charge in [-0.15, -0.1) is 11.6 Å². The molecule has 27 heavy (non-hydrogen) atoms. The number of hydrogen-bond donors (Lipinski definition) is 0. The predicted molar refractivity (Wildman–Crippen MR) is 106 cm³/mol. The lowest BCUT2D eigenvalue weighted by molar-refractivity contribution is -0.133. The minimum absolute atomic E-state index is 0.0450. The van der Waals surface area contributed by atoms with Crippen LogP contribution in [-0.4, -0.2) is 103 Å². The Kier molecular flexibility index (Phi) is 7.79. The average Bonchev–Trinajstić information content (AvgIpc) is 2.83. The van der Waals surface area contributed by atoms with Gasteiger partial charge >= 0.3 is 0 Å². The fraction of sp³-hybridized carbons (Fsp3) is 0.667. The monoisotopic (exact) mass is 396 g/mol. The number of halogens is 1. The molecule has 1 aromatic rings. The summed E-state index contributed by atoms with van der Waals surface area (Å²) in [6, 6.07) is 1.95. The second kappa shape index (κ2) is 9.85. The van der Waals surface area contributed by atoms with Crippen LogP contribution < -0.4 is 4.90 Å². The van der Waals surface area contributed by atoms with E-state index in [9.17, 15) is 9.59 Å². The number of amides is 2. The highest BCUT2D eigenvalue weighted by Crippen LogP contribution is 2.17. The summed E-state index contributed by atoms with van der Waals surface area (Å²) in [7, 11) is 7.61. The standard InChI is InChI=1S/C18H29ClN6O2/c1-22(2)12-18(27)25-6-5-24(17(26)9-19)10-14(11-25)7-15-8-16(23(3)4)21-13-20-15/h8,13-14H,5-7,9-12H2,1-4H3. The predicted octanol–water partition coefficient (Wildman–Crippen LogP) is 0.173. The number of anilines is 1. The van der Waals surface area contributed by atoms with Crippen molar-refractivity contribution in [1.29, 1.82) is 0 Å². The molecule has 8 nitrogen and oxygen atoms in total. The Balaban J connectivity index is 2.17. The van der Waals surface area contributed by atoms with Crippen LogP contribution in [0.3, 0.4) is 0 Å². The number of alkyl halides is 1. The molecule has 1 saturated heterocycles. The van der Waals surface area contributed by atoms with E-state index in [2.05, 4.69) is 9.97 Å². The van der Waals surface area contributed by atoms with E-state index in [-0.39, 0.29) is 23.6 Å². The van der Waals surface area contributed by atoms with Crippen molar-refractivity contribution in [2.75, 3.05) is 71.7 Å². The van der Waals surface area contributed by atoms with Crippen LogP contribution in [0.15, 0.2) is 12.4 Å². The maximum absolute atomic E-state index is 12.6. The van der Waals surface area contributed by atoms with Gasteiger partial charge in [-0.2, -0.15) is 0 Å². The molecule has 1 atom stereocenters. The third-order valence-corrected chi connectivity index (χ3v) is 4.76. The maximum Gasteiger partial charge on any atom is 0.237 e. The van der Waals surface area contributed by atoms with Gasteiger partial charge in [0, 0.05) is 52.0 Å². The molecule has 2 heterocycles. The van der Waals surface area contributed by atoms with Gasteiger partial charge in [-0.25, -0.2) is 9.97 Å². The van der Waals surface area contributed by atoms with Gasteiger partial charge in [-0.05, 0) is 26.4 Å². The largest absolute Gasteiger partial charge is 0.363 e. The Morgan fingerprint density at radius 1 is 1.11 bits per heavy atom. The normalized spacial score (nSPS) is 17.8. The summed E-state index contributed by atoms with van der Waals surface area (Å²) in [4.78, 5) is 40.7. The van der Waals surface area contributed by atoms with Crippen LogP contribution in [0.1, 0.15) is 5.69 Å². The molecule has 1 aromatic heterocycles. The molecule has 9 heteroatoms. The molecule has 0 saturated carbocycles. The molecule has 0 radical (unpaired) electrons. The molecule has 1 aliphatic heterocycles. The average molecular weight is 397 g/mol. The van der Waals surface area contributed by atoms with E-state index in [1.807, 2.05) is 49.0 Å². The van der Waals surface area contributed by atoms with Crippen molar-refractivity contribution in [3.05, 3.63) is 18.1 Å². The number of hydrogen-bond acceptors (Lipinski definition) is 6. The summed E-state index contributed by atoms with van der Waals surface area (Å²) in [5.41, 5.74) is 0.902. The molecule has 0 aromatic carbocycles.